The number of aromatic nitrogens is 1. The minimum absolute atomic E-state index is 0.243. The fraction of sp³-hybridized carbons (Fsp3) is 0.0400. The van der Waals surface area contributed by atoms with Gasteiger partial charge in [0.05, 0.1) is 0 Å². The van der Waals surface area contributed by atoms with Crippen molar-refractivity contribution in [3.05, 3.63) is 109 Å². The Balaban J connectivity index is 1.40. The molecule has 154 valence electrons. The lowest BCUT2D eigenvalue weighted by Crippen LogP contribution is -2.28. The summed E-state index contributed by atoms with van der Waals surface area (Å²) in [5.74, 6) is -0.243. The Labute approximate surface area is 184 Å². The maximum absolute atomic E-state index is 14.3. The van der Waals surface area contributed by atoms with Gasteiger partial charge in [-0.05, 0) is 59.7 Å². The van der Waals surface area contributed by atoms with Crippen molar-refractivity contribution >= 4 is 23.5 Å². The molecule has 3 aromatic carbocycles. The Morgan fingerprint density at radius 3 is 2.26 bits per heavy atom. The van der Waals surface area contributed by atoms with Crippen LogP contribution >= 0.6 is 11.8 Å². The lowest BCUT2D eigenvalue weighted by molar-refractivity contribution is 0.251. The van der Waals surface area contributed by atoms with E-state index in [0.29, 0.717) is 17.8 Å². The third-order valence-corrected chi connectivity index (χ3v) is 5.68. The lowest BCUT2D eigenvalue weighted by atomic mass is 10.1. The van der Waals surface area contributed by atoms with Gasteiger partial charge in [-0.3, -0.25) is 4.98 Å². The SMILES string of the molecule is O=C(NCc1ccncc1)Nc1ccc(Sc2ccccc2-c2ccccc2F)cc1. The van der Waals surface area contributed by atoms with Crippen molar-refractivity contribution in [2.45, 2.75) is 16.3 Å². The van der Waals surface area contributed by atoms with Gasteiger partial charge in [-0.2, -0.15) is 0 Å². The summed E-state index contributed by atoms with van der Waals surface area (Å²) in [5.41, 5.74) is 3.10. The average molecular weight is 430 g/mol. The second-order valence-electron chi connectivity index (χ2n) is 6.77. The van der Waals surface area contributed by atoms with Crippen molar-refractivity contribution in [2.75, 3.05) is 5.32 Å². The Morgan fingerprint density at radius 2 is 1.52 bits per heavy atom. The zero-order valence-electron chi connectivity index (χ0n) is 16.6. The number of nitrogens with one attached hydrogen (secondary N) is 2. The van der Waals surface area contributed by atoms with Crippen LogP contribution in [0.25, 0.3) is 11.1 Å². The zero-order chi connectivity index (χ0) is 21.5. The molecule has 2 N–H and O–H groups in total. The highest BCUT2D eigenvalue weighted by Gasteiger charge is 2.10. The van der Waals surface area contributed by atoms with Crippen LogP contribution in [0.2, 0.25) is 0 Å². The van der Waals surface area contributed by atoms with Crippen LogP contribution in [0.5, 0.6) is 0 Å². The van der Waals surface area contributed by atoms with E-state index in [9.17, 15) is 9.18 Å². The maximum atomic E-state index is 14.3. The Bertz CT molecular complexity index is 1170. The molecular formula is C25H20FN3OS. The van der Waals surface area contributed by atoms with Gasteiger partial charge in [-0.15, -0.1) is 0 Å². The summed E-state index contributed by atoms with van der Waals surface area (Å²) in [5, 5.41) is 5.64. The number of anilines is 1. The van der Waals surface area contributed by atoms with Crippen LogP contribution in [0, 0.1) is 5.82 Å². The molecular weight excluding hydrogens is 409 g/mol. The van der Waals surface area contributed by atoms with Crippen LogP contribution in [0.15, 0.2) is 107 Å². The number of hydrogen-bond donors (Lipinski definition) is 2. The summed E-state index contributed by atoms with van der Waals surface area (Å²) in [6.45, 7) is 0.426. The Morgan fingerprint density at radius 1 is 0.839 bits per heavy atom. The molecule has 1 aromatic heterocycles. The fourth-order valence-electron chi connectivity index (χ4n) is 3.05. The zero-order valence-corrected chi connectivity index (χ0v) is 17.4. The molecule has 0 atom stereocenters. The summed E-state index contributed by atoms with van der Waals surface area (Å²) < 4.78 is 14.3. The minimum Gasteiger partial charge on any atom is -0.334 e. The summed E-state index contributed by atoms with van der Waals surface area (Å²) in [7, 11) is 0. The van der Waals surface area contributed by atoms with Crippen LogP contribution in [-0.2, 0) is 6.54 Å². The summed E-state index contributed by atoms with van der Waals surface area (Å²) in [4.78, 5) is 18.0. The molecule has 31 heavy (non-hydrogen) atoms. The number of nitrogens with zero attached hydrogens (tertiary/aromatic N) is 1. The van der Waals surface area contributed by atoms with E-state index in [-0.39, 0.29) is 11.8 Å². The number of carbonyl (C=O) groups excluding carboxylic acids is 1. The number of urea groups is 1. The van der Waals surface area contributed by atoms with Crippen molar-refractivity contribution in [1.82, 2.24) is 10.3 Å². The van der Waals surface area contributed by atoms with Crippen LogP contribution in [0.4, 0.5) is 14.9 Å². The molecule has 0 saturated heterocycles. The number of carbonyl (C=O) groups is 1. The van der Waals surface area contributed by atoms with E-state index < -0.39 is 0 Å². The van der Waals surface area contributed by atoms with Crippen LogP contribution < -0.4 is 10.6 Å². The maximum Gasteiger partial charge on any atom is 0.319 e. The molecule has 0 aliphatic carbocycles. The van der Waals surface area contributed by atoms with E-state index in [2.05, 4.69) is 15.6 Å². The average Bonchev–Trinajstić information content (AvgIpc) is 2.81. The number of benzene rings is 3. The summed E-state index contributed by atoms with van der Waals surface area (Å²) in [6, 6.07) is 25.5. The van der Waals surface area contributed by atoms with E-state index in [0.717, 1.165) is 20.9 Å². The predicted octanol–water partition coefficient (Wildman–Crippen LogP) is 6.36. The smallest absolute Gasteiger partial charge is 0.319 e. The quantitative estimate of drug-likeness (QED) is 0.375. The number of pyridine rings is 1. The largest absolute Gasteiger partial charge is 0.334 e. The van der Waals surface area contributed by atoms with Crippen molar-refractivity contribution in [3.63, 3.8) is 0 Å². The van der Waals surface area contributed by atoms with E-state index in [4.69, 9.17) is 0 Å². The summed E-state index contributed by atoms with van der Waals surface area (Å²) in [6.07, 6.45) is 3.38. The minimum atomic E-state index is -0.276. The van der Waals surface area contributed by atoms with Gasteiger partial charge in [0.2, 0.25) is 0 Å². The molecule has 0 saturated carbocycles. The van der Waals surface area contributed by atoms with Gasteiger partial charge in [0.25, 0.3) is 0 Å². The van der Waals surface area contributed by atoms with Gasteiger partial charge in [0.1, 0.15) is 5.82 Å². The molecule has 0 aliphatic heterocycles. The van der Waals surface area contributed by atoms with Crippen molar-refractivity contribution in [3.8, 4) is 11.1 Å². The molecule has 4 nitrogen and oxygen atoms in total. The van der Waals surface area contributed by atoms with Gasteiger partial charge in [0.15, 0.2) is 0 Å². The van der Waals surface area contributed by atoms with Crippen molar-refractivity contribution in [2.24, 2.45) is 0 Å². The Kier molecular flexibility index (Phi) is 6.59. The molecule has 0 spiro atoms. The number of halogens is 1. The molecule has 0 radical (unpaired) electrons. The predicted molar refractivity (Wildman–Crippen MR) is 122 cm³/mol. The topological polar surface area (TPSA) is 54.0 Å². The molecule has 0 fully saturated rings. The molecule has 1 heterocycles. The normalized spacial score (nSPS) is 10.5. The first kappa shape index (κ1) is 20.6. The molecule has 4 rings (SSSR count). The van der Waals surface area contributed by atoms with E-state index >= 15 is 0 Å². The van der Waals surface area contributed by atoms with Crippen molar-refractivity contribution < 1.29 is 9.18 Å². The van der Waals surface area contributed by atoms with E-state index in [1.807, 2.05) is 66.7 Å². The first-order valence-electron chi connectivity index (χ1n) is 9.74. The first-order chi connectivity index (χ1) is 15.2. The Hall–Kier alpha value is -3.64. The molecule has 0 bridgehead atoms. The highest BCUT2D eigenvalue weighted by Crippen LogP contribution is 2.37. The van der Waals surface area contributed by atoms with Gasteiger partial charge in [0, 0.05) is 40.0 Å². The number of rotatable bonds is 6. The lowest BCUT2D eigenvalue weighted by Gasteiger charge is -2.11. The second kappa shape index (κ2) is 9.91. The van der Waals surface area contributed by atoms with Crippen molar-refractivity contribution in [1.29, 1.82) is 0 Å². The van der Waals surface area contributed by atoms with Crippen LogP contribution in [0.1, 0.15) is 5.56 Å². The highest BCUT2D eigenvalue weighted by atomic mass is 32.2. The molecule has 6 heteroatoms. The summed E-state index contributed by atoms with van der Waals surface area (Å²) >= 11 is 1.55. The van der Waals surface area contributed by atoms with Crippen LogP contribution in [0.3, 0.4) is 0 Å². The third kappa shape index (κ3) is 5.49. The van der Waals surface area contributed by atoms with Gasteiger partial charge >= 0.3 is 6.03 Å². The van der Waals surface area contributed by atoms with Gasteiger partial charge in [-0.1, -0.05) is 48.2 Å². The number of amides is 2. The monoisotopic (exact) mass is 429 g/mol. The first-order valence-corrected chi connectivity index (χ1v) is 10.6. The van der Waals surface area contributed by atoms with Gasteiger partial charge < -0.3 is 10.6 Å². The van der Waals surface area contributed by atoms with Gasteiger partial charge in [-0.25, -0.2) is 9.18 Å². The van der Waals surface area contributed by atoms with Crippen LogP contribution in [-0.4, -0.2) is 11.0 Å². The third-order valence-electron chi connectivity index (χ3n) is 4.59. The fourth-order valence-corrected chi connectivity index (χ4v) is 4.01. The van der Waals surface area contributed by atoms with E-state index in [1.54, 1.807) is 36.3 Å². The standard InChI is InChI=1S/C25H20FN3OS/c26-23-7-3-1-5-21(23)22-6-2-4-8-24(22)31-20-11-9-19(10-12-20)29-25(30)28-17-18-13-15-27-16-14-18/h1-16H,17H2,(H2,28,29,30). The molecule has 2 amide bonds. The molecule has 0 unspecified atom stereocenters. The molecule has 0 aliphatic rings. The second-order valence-corrected chi connectivity index (χ2v) is 7.88. The highest BCUT2D eigenvalue weighted by molar-refractivity contribution is 7.99. The van der Waals surface area contributed by atoms with E-state index in [1.165, 1.54) is 6.07 Å². The molecule has 4 aromatic rings. The number of hydrogen-bond acceptors (Lipinski definition) is 3.